The lowest BCUT2D eigenvalue weighted by Crippen LogP contribution is -2.09. The van der Waals surface area contributed by atoms with Crippen molar-refractivity contribution in [3.63, 3.8) is 0 Å². The minimum Gasteiger partial charge on any atom is -0.610 e. The van der Waals surface area contributed by atoms with Gasteiger partial charge in [-0.1, -0.05) is 0 Å². The van der Waals surface area contributed by atoms with E-state index >= 15 is 0 Å². The number of fused-ring (bicyclic) bond motifs is 1. The number of hydrogen-bond acceptors (Lipinski definition) is 3. The summed E-state index contributed by atoms with van der Waals surface area (Å²) in [6.07, 6.45) is -2.76. The molecular weight excluding hydrogens is 365 g/mol. The minimum atomic E-state index is -4.41. The average Bonchev–Trinajstić information content (AvgIpc) is 3.00. The van der Waals surface area contributed by atoms with Crippen molar-refractivity contribution in [2.75, 3.05) is 7.11 Å². The Balaban J connectivity index is 1.90. The Morgan fingerprint density at radius 3 is 2.62 bits per heavy atom. The van der Waals surface area contributed by atoms with Gasteiger partial charge < -0.3 is 14.3 Å². The van der Waals surface area contributed by atoms with E-state index in [4.69, 9.17) is 4.74 Å². The Labute approximate surface area is 151 Å². The smallest absolute Gasteiger partial charge is 0.416 e. The van der Waals surface area contributed by atoms with Gasteiger partial charge in [0, 0.05) is 45.5 Å². The molecule has 0 fully saturated rings. The molecule has 138 valence electrons. The van der Waals surface area contributed by atoms with Gasteiger partial charge in [-0.2, -0.15) is 13.2 Å². The van der Waals surface area contributed by atoms with Gasteiger partial charge in [0.05, 0.1) is 18.4 Å². The van der Waals surface area contributed by atoms with Gasteiger partial charge in [0.2, 0.25) is 5.03 Å². The monoisotopic (exact) mass is 382 g/mol. The Morgan fingerprint density at radius 1 is 1.23 bits per heavy atom. The van der Waals surface area contributed by atoms with Crippen molar-refractivity contribution < 1.29 is 22.5 Å². The molecular formula is C18H17F3N2O2S. The van der Waals surface area contributed by atoms with Gasteiger partial charge in [-0.15, -0.1) is 0 Å². The maximum atomic E-state index is 12.8. The lowest BCUT2D eigenvalue weighted by atomic mass is 10.1. The summed E-state index contributed by atoms with van der Waals surface area (Å²) in [7, 11) is 1.56. The fourth-order valence-electron chi connectivity index (χ4n) is 2.82. The highest BCUT2D eigenvalue weighted by atomic mass is 32.2. The first-order valence-corrected chi connectivity index (χ1v) is 9.10. The van der Waals surface area contributed by atoms with E-state index in [0.29, 0.717) is 27.4 Å². The lowest BCUT2D eigenvalue weighted by molar-refractivity contribution is -0.137. The molecule has 1 aromatic carbocycles. The SMILES string of the molecule is COc1c(C)cnc(C[S+]([O-])c2cc3cc(C(F)(F)F)ccc3[nH]2)c1C. The van der Waals surface area contributed by atoms with Crippen molar-refractivity contribution in [3.05, 3.63) is 52.8 Å². The van der Waals surface area contributed by atoms with Crippen LogP contribution in [0.3, 0.4) is 0 Å². The van der Waals surface area contributed by atoms with E-state index in [1.165, 1.54) is 12.1 Å². The van der Waals surface area contributed by atoms with Crippen molar-refractivity contribution >= 4 is 22.1 Å². The molecule has 4 nitrogen and oxygen atoms in total. The molecule has 1 atom stereocenters. The molecule has 0 bridgehead atoms. The van der Waals surface area contributed by atoms with Crippen LogP contribution in [0.5, 0.6) is 5.75 Å². The summed E-state index contributed by atoms with van der Waals surface area (Å²) in [6.45, 7) is 3.71. The summed E-state index contributed by atoms with van der Waals surface area (Å²) >= 11 is -1.48. The van der Waals surface area contributed by atoms with Crippen LogP contribution in [0.2, 0.25) is 0 Å². The fraction of sp³-hybridized carbons (Fsp3) is 0.278. The summed E-state index contributed by atoms with van der Waals surface area (Å²) in [6, 6.07) is 4.88. The number of ether oxygens (including phenoxy) is 1. The molecule has 0 amide bonds. The molecule has 1 unspecified atom stereocenters. The predicted octanol–water partition coefficient (Wildman–Crippen LogP) is 4.51. The van der Waals surface area contributed by atoms with Gasteiger partial charge in [0.15, 0.2) is 5.75 Å². The second-order valence-corrected chi connectivity index (χ2v) is 7.39. The molecule has 2 heterocycles. The fourth-order valence-corrected chi connectivity index (χ4v) is 4.00. The minimum absolute atomic E-state index is 0.140. The molecule has 1 N–H and O–H groups in total. The first-order valence-electron chi connectivity index (χ1n) is 7.78. The standard InChI is InChI=1S/C18H17F3N2O2S/c1-10-8-22-15(11(2)17(10)25-3)9-26(24)16-7-12-6-13(18(19,20)21)4-5-14(12)23-16/h4-8,23H,9H2,1-3H3. The number of pyridine rings is 1. The number of benzene rings is 1. The molecule has 0 radical (unpaired) electrons. The largest absolute Gasteiger partial charge is 0.610 e. The number of nitrogens with zero attached hydrogens (tertiary/aromatic N) is 1. The number of hydrogen-bond donors (Lipinski definition) is 1. The van der Waals surface area contributed by atoms with Crippen LogP contribution in [0.15, 0.2) is 35.5 Å². The zero-order chi connectivity index (χ0) is 19.1. The molecule has 0 aliphatic carbocycles. The number of methoxy groups -OCH3 is 1. The van der Waals surface area contributed by atoms with E-state index in [9.17, 15) is 17.7 Å². The van der Waals surface area contributed by atoms with Crippen molar-refractivity contribution in [1.29, 1.82) is 0 Å². The van der Waals surface area contributed by atoms with Crippen molar-refractivity contribution in [1.82, 2.24) is 9.97 Å². The van der Waals surface area contributed by atoms with Crippen LogP contribution >= 0.6 is 0 Å². The van der Waals surface area contributed by atoms with Crippen molar-refractivity contribution in [2.24, 2.45) is 0 Å². The Kier molecular flexibility index (Phi) is 4.90. The summed E-state index contributed by atoms with van der Waals surface area (Å²) in [4.78, 5) is 7.24. The normalized spacial score (nSPS) is 13.2. The van der Waals surface area contributed by atoms with E-state index in [1.54, 1.807) is 13.3 Å². The van der Waals surface area contributed by atoms with Gasteiger partial charge in [-0.3, -0.25) is 4.98 Å². The molecule has 0 aliphatic heterocycles. The molecule has 0 spiro atoms. The predicted molar refractivity (Wildman–Crippen MR) is 93.7 cm³/mol. The van der Waals surface area contributed by atoms with E-state index in [1.807, 2.05) is 13.8 Å². The molecule has 26 heavy (non-hydrogen) atoms. The Bertz CT molecular complexity index is 953. The maximum absolute atomic E-state index is 12.8. The number of rotatable bonds is 4. The van der Waals surface area contributed by atoms with Gasteiger partial charge in [0.25, 0.3) is 0 Å². The lowest BCUT2D eigenvalue weighted by Gasteiger charge is -2.13. The number of aryl methyl sites for hydroxylation is 1. The summed E-state index contributed by atoms with van der Waals surface area (Å²) in [5.74, 6) is 0.833. The summed E-state index contributed by atoms with van der Waals surface area (Å²) in [5, 5.41) is 0.731. The van der Waals surface area contributed by atoms with Crippen molar-refractivity contribution in [3.8, 4) is 5.75 Å². The number of halogens is 3. The van der Waals surface area contributed by atoms with Gasteiger partial charge in [-0.05, 0) is 32.0 Å². The van der Waals surface area contributed by atoms with E-state index in [-0.39, 0.29) is 5.75 Å². The molecule has 0 saturated carbocycles. The van der Waals surface area contributed by atoms with E-state index in [2.05, 4.69) is 9.97 Å². The van der Waals surface area contributed by atoms with Crippen LogP contribution in [0.1, 0.15) is 22.4 Å². The highest BCUT2D eigenvalue weighted by molar-refractivity contribution is 7.90. The topological polar surface area (TPSA) is 61.0 Å². The van der Waals surface area contributed by atoms with Crippen LogP contribution in [0.4, 0.5) is 13.2 Å². The number of H-pyrrole nitrogens is 1. The maximum Gasteiger partial charge on any atom is 0.416 e. The molecule has 2 aromatic heterocycles. The van der Waals surface area contributed by atoms with Crippen LogP contribution in [0, 0.1) is 13.8 Å². The number of alkyl halides is 3. The van der Waals surface area contributed by atoms with Gasteiger partial charge >= 0.3 is 6.18 Å². The highest BCUT2D eigenvalue weighted by Crippen LogP contribution is 2.33. The Hall–Kier alpha value is -2.19. The zero-order valence-electron chi connectivity index (χ0n) is 14.4. The van der Waals surface area contributed by atoms with Crippen LogP contribution in [-0.4, -0.2) is 21.6 Å². The Morgan fingerprint density at radius 2 is 1.96 bits per heavy atom. The number of aromatic amines is 1. The van der Waals surface area contributed by atoms with E-state index < -0.39 is 22.9 Å². The van der Waals surface area contributed by atoms with Crippen LogP contribution < -0.4 is 4.74 Å². The second-order valence-electron chi connectivity index (χ2n) is 5.97. The number of aromatic nitrogens is 2. The zero-order valence-corrected chi connectivity index (χ0v) is 15.2. The molecule has 3 aromatic rings. The van der Waals surface area contributed by atoms with Crippen molar-refractivity contribution in [2.45, 2.75) is 30.8 Å². The molecule has 3 rings (SSSR count). The average molecular weight is 382 g/mol. The summed E-state index contributed by atoms with van der Waals surface area (Å²) in [5.41, 5.74) is 2.08. The third-order valence-corrected chi connectivity index (χ3v) is 5.43. The van der Waals surface area contributed by atoms with Gasteiger partial charge in [-0.25, -0.2) is 0 Å². The van der Waals surface area contributed by atoms with E-state index in [0.717, 1.165) is 23.3 Å². The summed E-state index contributed by atoms with van der Waals surface area (Å²) < 4.78 is 56.5. The van der Waals surface area contributed by atoms with Crippen LogP contribution in [-0.2, 0) is 23.1 Å². The second kappa shape index (κ2) is 6.85. The molecule has 8 heteroatoms. The molecule has 0 saturated heterocycles. The third-order valence-electron chi connectivity index (χ3n) is 4.19. The first-order chi connectivity index (χ1) is 12.2. The number of nitrogens with one attached hydrogen (secondary N) is 1. The quantitative estimate of drug-likeness (QED) is 0.675. The van der Waals surface area contributed by atoms with Gasteiger partial charge in [0.1, 0.15) is 5.75 Å². The van der Waals surface area contributed by atoms with Crippen LogP contribution in [0.25, 0.3) is 10.9 Å². The third kappa shape index (κ3) is 3.52. The first kappa shape index (κ1) is 18.6. The molecule has 0 aliphatic rings. The highest BCUT2D eigenvalue weighted by Gasteiger charge is 2.31.